The van der Waals surface area contributed by atoms with Crippen molar-refractivity contribution in [3.05, 3.63) is 0 Å². The molecular weight excluding hydrogens is 188 g/mol. The number of carboxylic acids is 1. The van der Waals surface area contributed by atoms with Crippen molar-refractivity contribution in [1.29, 1.82) is 0 Å². The molecule has 0 saturated carbocycles. The maximum absolute atomic E-state index is 11.1. The Balaban J connectivity index is 4.05. The lowest BCUT2D eigenvalue weighted by molar-refractivity contribution is -0.151. The lowest BCUT2D eigenvalue weighted by Crippen LogP contribution is -2.52. The van der Waals surface area contributed by atoms with E-state index in [1.54, 1.807) is 0 Å². The number of esters is 1. The van der Waals surface area contributed by atoms with Gasteiger partial charge in [-0.05, 0) is 5.92 Å². The van der Waals surface area contributed by atoms with Gasteiger partial charge in [0, 0.05) is 0 Å². The number of rotatable bonds is 5. The van der Waals surface area contributed by atoms with Gasteiger partial charge < -0.3 is 21.3 Å². The molecule has 0 aromatic heterocycles. The zero-order chi connectivity index (χ0) is 11.3. The Morgan fingerprint density at radius 1 is 1.29 bits per heavy atom. The molecule has 14 heavy (non-hydrogen) atoms. The van der Waals surface area contributed by atoms with Gasteiger partial charge in [-0.2, -0.15) is 0 Å². The summed E-state index contributed by atoms with van der Waals surface area (Å²) in [6.45, 7) is 3.92. The molecule has 6 nitrogen and oxygen atoms in total. The van der Waals surface area contributed by atoms with E-state index in [-0.39, 0.29) is 12.5 Å². The first-order chi connectivity index (χ1) is 6.36. The van der Waals surface area contributed by atoms with Crippen LogP contribution in [-0.2, 0) is 14.3 Å². The highest BCUT2D eigenvalue weighted by Crippen LogP contribution is 1.97. The van der Waals surface area contributed by atoms with Crippen LogP contribution >= 0.6 is 0 Å². The highest BCUT2D eigenvalue weighted by molar-refractivity contribution is 5.85. The maximum atomic E-state index is 11.1. The van der Waals surface area contributed by atoms with Crippen molar-refractivity contribution in [3.63, 3.8) is 0 Å². The summed E-state index contributed by atoms with van der Waals surface area (Å²) in [4.78, 5) is 21.5. The Morgan fingerprint density at radius 2 is 1.79 bits per heavy atom. The van der Waals surface area contributed by atoms with Crippen molar-refractivity contribution >= 4 is 11.9 Å². The van der Waals surface area contributed by atoms with Crippen molar-refractivity contribution in [2.24, 2.45) is 17.4 Å². The summed E-state index contributed by atoms with van der Waals surface area (Å²) in [5.74, 6) is -1.93. The van der Waals surface area contributed by atoms with Crippen LogP contribution in [0.4, 0.5) is 0 Å². The van der Waals surface area contributed by atoms with Crippen LogP contribution in [0.2, 0.25) is 0 Å². The molecule has 2 atom stereocenters. The van der Waals surface area contributed by atoms with Gasteiger partial charge in [0.2, 0.25) is 0 Å². The summed E-state index contributed by atoms with van der Waals surface area (Å²) < 4.78 is 4.73. The number of carbonyl (C=O) groups excluding carboxylic acids is 1. The number of carbonyl (C=O) groups is 2. The number of carboxylic acid groups (broad SMARTS) is 1. The maximum Gasteiger partial charge on any atom is 0.325 e. The summed E-state index contributed by atoms with van der Waals surface area (Å²) in [6, 6.07) is -2.74. The molecule has 0 amide bonds. The second-order valence-corrected chi connectivity index (χ2v) is 3.41. The molecule has 0 aromatic rings. The zero-order valence-corrected chi connectivity index (χ0v) is 8.27. The number of nitrogens with two attached hydrogens (primary N) is 2. The predicted octanol–water partition coefficient (Wildman–Crippen LogP) is -1.08. The molecule has 0 saturated heterocycles. The molecule has 0 aliphatic heterocycles. The summed E-state index contributed by atoms with van der Waals surface area (Å²) in [5.41, 5.74) is 10.4. The highest BCUT2D eigenvalue weighted by atomic mass is 16.5. The van der Waals surface area contributed by atoms with Crippen molar-refractivity contribution in [2.45, 2.75) is 25.9 Å². The third-order valence-corrected chi connectivity index (χ3v) is 1.50. The average molecular weight is 204 g/mol. The first kappa shape index (κ1) is 12.9. The van der Waals surface area contributed by atoms with Crippen LogP contribution in [0.25, 0.3) is 0 Å². The van der Waals surface area contributed by atoms with Crippen LogP contribution in [0.15, 0.2) is 0 Å². The van der Waals surface area contributed by atoms with Crippen LogP contribution in [0.3, 0.4) is 0 Å². The fourth-order valence-electron chi connectivity index (χ4n) is 0.645. The lowest BCUT2D eigenvalue weighted by Gasteiger charge is -2.15. The summed E-state index contributed by atoms with van der Waals surface area (Å²) in [5, 5.41) is 8.47. The largest absolute Gasteiger partial charge is 0.480 e. The molecule has 5 N–H and O–H groups in total. The van der Waals surface area contributed by atoms with Crippen LogP contribution < -0.4 is 11.5 Å². The van der Waals surface area contributed by atoms with Gasteiger partial charge in [-0.25, -0.2) is 0 Å². The van der Waals surface area contributed by atoms with Crippen LogP contribution in [0.1, 0.15) is 13.8 Å². The van der Waals surface area contributed by atoms with E-state index in [4.69, 9.17) is 21.3 Å². The Labute approximate surface area is 82.2 Å². The zero-order valence-electron chi connectivity index (χ0n) is 8.27. The van der Waals surface area contributed by atoms with Crippen molar-refractivity contribution in [1.82, 2.24) is 0 Å². The monoisotopic (exact) mass is 204 g/mol. The predicted molar refractivity (Wildman–Crippen MR) is 49.4 cm³/mol. The normalized spacial score (nSPS) is 14.9. The molecule has 0 aromatic carbocycles. The van der Waals surface area contributed by atoms with E-state index in [9.17, 15) is 9.59 Å². The summed E-state index contributed by atoms with van der Waals surface area (Å²) in [7, 11) is 0. The molecule has 0 spiro atoms. The quantitative estimate of drug-likeness (QED) is 0.491. The van der Waals surface area contributed by atoms with E-state index in [2.05, 4.69) is 0 Å². The standard InChI is InChI=1S/C8H16N2O4/c1-4(2)3-14-8(13)6(10)5(9)7(11)12/h4-6H,3,9-10H2,1-2H3,(H,11,12). The number of hydrogen-bond acceptors (Lipinski definition) is 5. The molecular formula is C8H16N2O4. The van der Waals surface area contributed by atoms with Crippen molar-refractivity contribution in [3.8, 4) is 0 Å². The Morgan fingerprint density at radius 3 is 2.14 bits per heavy atom. The summed E-state index contributed by atoms with van der Waals surface area (Å²) >= 11 is 0. The van der Waals surface area contributed by atoms with E-state index in [1.807, 2.05) is 13.8 Å². The number of ether oxygens (including phenoxy) is 1. The Hall–Kier alpha value is -1.14. The van der Waals surface area contributed by atoms with Gasteiger partial charge in [-0.3, -0.25) is 9.59 Å². The molecule has 0 bridgehead atoms. The molecule has 0 heterocycles. The van der Waals surface area contributed by atoms with Gasteiger partial charge in [0.15, 0.2) is 0 Å². The van der Waals surface area contributed by atoms with Crippen molar-refractivity contribution < 1.29 is 19.4 Å². The van der Waals surface area contributed by atoms with E-state index in [0.717, 1.165) is 0 Å². The number of hydrogen-bond donors (Lipinski definition) is 3. The topological polar surface area (TPSA) is 116 Å². The van der Waals surface area contributed by atoms with Gasteiger partial charge >= 0.3 is 11.9 Å². The molecule has 0 aliphatic carbocycles. The first-order valence-electron chi connectivity index (χ1n) is 4.26. The molecule has 0 rings (SSSR count). The molecule has 2 unspecified atom stereocenters. The third-order valence-electron chi connectivity index (χ3n) is 1.50. The fraction of sp³-hybridized carbons (Fsp3) is 0.750. The van der Waals surface area contributed by atoms with E-state index < -0.39 is 24.0 Å². The minimum Gasteiger partial charge on any atom is -0.480 e. The van der Waals surface area contributed by atoms with E-state index >= 15 is 0 Å². The van der Waals surface area contributed by atoms with Gasteiger partial charge in [0.05, 0.1) is 6.61 Å². The summed E-state index contributed by atoms with van der Waals surface area (Å²) in [6.07, 6.45) is 0. The molecule has 0 radical (unpaired) electrons. The molecule has 82 valence electrons. The lowest BCUT2D eigenvalue weighted by atomic mass is 10.1. The SMILES string of the molecule is CC(C)COC(=O)C(N)C(N)C(=O)O. The highest BCUT2D eigenvalue weighted by Gasteiger charge is 2.28. The number of aliphatic carboxylic acids is 1. The van der Waals surface area contributed by atoms with Crippen molar-refractivity contribution in [2.75, 3.05) is 6.61 Å². The van der Waals surface area contributed by atoms with Crippen LogP contribution in [0, 0.1) is 5.92 Å². The van der Waals surface area contributed by atoms with Crippen LogP contribution in [-0.4, -0.2) is 35.7 Å². The Bertz CT molecular complexity index is 217. The minimum absolute atomic E-state index is 0.173. The second kappa shape index (κ2) is 5.56. The smallest absolute Gasteiger partial charge is 0.325 e. The average Bonchev–Trinajstić information content (AvgIpc) is 2.11. The van der Waals surface area contributed by atoms with Crippen LogP contribution in [0.5, 0.6) is 0 Å². The van der Waals surface area contributed by atoms with Gasteiger partial charge in [-0.15, -0.1) is 0 Å². The molecule has 6 heteroatoms. The third kappa shape index (κ3) is 4.20. The molecule has 0 aliphatic rings. The Kier molecular flexibility index (Phi) is 5.11. The van der Waals surface area contributed by atoms with Gasteiger partial charge in [-0.1, -0.05) is 13.8 Å². The fourth-order valence-corrected chi connectivity index (χ4v) is 0.645. The van der Waals surface area contributed by atoms with E-state index in [1.165, 1.54) is 0 Å². The molecule has 0 fully saturated rings. The van der Waals surface area contributed by atoms with Gasteiger partial charge in [0.1, 0.15) is 12.1 Å². The van der Waals surface area contributed by atoms with Gasteiger partial charge in [0.25, 0.3) is 0 Å². The first-order valence-corrected chi connectivity index (χ1v) is 4.26. The second-order valence-electron chi connectivity index (χ2n) is 3.41. The van der Waals surface area contributed by atoms with E-state index in [0.29, 0.717) is 0 Å². The minimum atomic E-state index is -1.42.